The van der Waals surface area contributed by atoms with Crippen LogP contribution in [0.15, 0.2) is 18.2 Å². The summed E-state index contributed by atoms with van der Waals surface area (Å²) in [5.41, 5.74) is 6.19. The lowest BCUT2D eigenvalue weighted by Crippen LogP contribution is -2.39. The van der Waals surface area contributed by atoms with Crippen LogP contribution in [0.4, 0.5) is 5.69 Å². The Kier molecular flexibility index (Phi) is 5.29. The lowest BCUT2D eigenvalue weighted by Gasteiger charge is -2.24. The average Bonchev–Trinajstić information content (AvgIpc) is 2.23. The van der Waals surface area contributed by atoms with Gasteiger partial charge in [0.25, 0.3) is 0 Å². The lowest BCUT2D eigenvalue weighted by molar-refractivity contribution is -0.156. The van der Waals surface area contributed by atoms with Crippen LogP contribution in [0.5, 0.6) is 5.75 Å². The minimum absolute atomic E-state index is 0. The Hall–Kier alpha value is -1.42. The number of nitrogens with two attached hydrogens (primary N) is 1. The van der Waals surface area contributed by atoms with Crippen LogP contribution in [0.1, 0.15) is 19.4 Å². The first-order valence-corrected chi connectivity index (χ1v) is 5.01. The van der Waals surface area contributed by atoms with Crippen LogP contribution in [-0.4, -0.2) is 18.7 Å². The van der Waals surface area contributed by atoms with E-state index in [1.54, 1.807) is 32.0 Å². The van der Waals surface area contributed by atoms with E-state index in [4.69, 9.17) is 10.5 Å². The van der Waals surface area contributed by atoms with Crippen molar-refractivity contribution in [3.8, 4) is 5.75 Å². The number of methoxy groups -OCH3 is 1. The minimum atomic E-state index is -1.02. The molecule has 2 N–H and O–H groups in total. The summed E-state index contributed by atoms with van der Waals surface area (Å²) >= 11 is 0. The number of esters is 1. The summed E-state index contributed by atoms with van der Waals surface area (Å²) in [6, 6.07) is 5.34. The summed E-state index contributed by atoms with van der Waals surface area (Å²) in [4.78, 5) is 11.5. The highest BCUT2D eigenvalue weighted by Crippen LogP contribution is 2.27. The smallest absolute Gasteiger partial charge is 0.349 e. The standard InChI is InChI=1S/C12H17NO3.ClH/c1-8-9(13)6-5-7-10(8)16-12(2,3)11(14)15-4;/h5-7H,13H2,1-4H3;1H. The second-order valence-electron chi connectivity index (χ2n) is 4.07. The molecule has 0 unspecified atom stereocenters. The molecule has 0 atom stereocenters. The number of benzene rings is 1. The Balaban J connectivity index is 0.00000256. The minimum Gasteiger partial charge on any atom is -0.476 e. The van der Waals surface area contributed by atoms with Gasteiger partial charge in [-0.1, -0.05) is 6.07 Å². The van der Waals surface area contributed by atoms with E-state index in [2.05, 4.69) is 4.74 Å². The van der Waals surface area contributed by atoms with Crippen LogP contribution in [-0.2, 0) is 9.53 Å². The van der Waals surface area contributed by atoms with Crippen molar-refractivity contribution >= 4 is 24.1 Å². The van der Waals surface area contributed by atoms with Gasteiger partial charge in [-0.25, -0.2) is 4.79 Å². The first kappa shape index (κ1) is 15.6. The molecular weight excluding hydrogens is 242 g/mol. The molecule has 0 amide bonds. The molecule has 0 aliphatic heterocycles. The Morgan fingerprint density at radius 3 is 2.47 bits per heavy atom. The fourth-order valence-electron chi connectivity index (χ4n) is 1.30. The summed E-state index contributed by atoms with van der Waals surface area (Å²) < 4.78 is 10.3. The molecular formula is C12H18ClNO3. The predicted octanol–water partition coefficient (Wildman–Crippen LogP) is 2.33. The van der Waals surface area contributed by atoms with E-state index >= 15 is 0 Å². The summed E-state index contributed by atoms with van der Waals surface area (Å²) in [6.07, 6.45) is 0. The topological polar surface area (TPSA) is 61.5 Å². The van der Waals surface area contributed by atoms with Gasteiger partial charge in [0.1, 0.15) is 5.75 Å². The molecule has 17 heavy (non-hydrogen) atoms. The van der Waals surface area contributed by atoms with Crippen LogP contribution in [0, 0.1) is 6.92 Å². The summed E-state index contributed by atoms with van der Waals surface area (Å²) in [5, 5.41) is 0. The molecule has 4 nitrogen and oxygen atoms in total. The summed E-state index contributed by atoms with van der Waals surface area (Å²) in [6.45, 7) is 5.15. The fraction of sp³-hybridized carbons (Fsp3) is 0.417. The first-order chi connectivity index (χ1) is 7.38. The first-order valence-electron chi connectivity index (χ1n) is 5.01. The van der Waals surface area contributed by atoms with Crippen molar-refractivity contribution in [2.75, 3.05) is 12.8 Å². The maximum absolute atomic E-state index is 11.5. The molecule has 0 saturated heterocycles. The lowest BCUT2D eigenvalue weighted by atomic mass is 10.1. The van der Waals surface area contributed by atoms with Crippen molar-refractivity contribution in [2.45, 2.75) is 26.4 Å². The Bertz CT molecular complexity index is 405. The van der Waals surface area contributed by atoms with Gasteiger partial charge in [0.05, 0.1) is 7.11 Å². The number of carbonyl (C=O) groups is 1. The molecule has 0 radical (unpaired) electrons. The highest BCUT2D eigenvalue weighted by Gasteiger charge is 2.31. The zero-order valence-corrected chi connectivity index (χ0v) is 11.3. The molecule has 0 heterocycles. The van der Waals surface area contributed by atoms with Gasteiger partial charge in [-0.15, -0.1) is 12.4 Å². The molecule has 1 aromatic carbocycles. The second kappa shape index (κ2) is 5.77. The highest BCUT2D eigenvalue weighted by molar-refractivity contribution is 5.85. The SMILES string of the molecule is COC(=O)C(C)(C)Oc1cccc(N)c1C.Cl. The van der Waals surface area contributed by atoms with Gasteiger partial charge < -0.3 is 15.2 Å². The third-order valence-corrected chi connectivity index (χ3v) is 2.37. The predicted molar refractivity (Wildman–Crippen MR) is 69.6 cm³/mol. The number of hydrogen-bond acceptors (Lipinski definition) is 4. The molecule has 5 heteroatoms. The van der Waals surface area contributed by atoms with Gasteiger partial charge in [0.15, 0.2) is 5.60 Å². The van der Waals surface area contributed by atoms with E-state index in [1.165, 1.54) is 7.11 Å². The summed E-state index contributed by atoms with van der Waals surface area (Å²) in [7, 11) is 1.33. The summed E-state index contributed by atoms with van der Waals surface area (Å²) in [5.74, 6) is 0.171. The fourth-order valence-corrected chi connectivity index (χ4v) is 1.30. The number of ether oxygens (including phenoxy) is 2. The van der Waals surface area contributed by atoms with Crippen LogP contribution in [0.2, 0.25) is 0 Å². The van der Waals surface area contributed by atoms with E-state index in [0.717, 1.165) is 5.56 Å². The highest BCUT2D eigenvalue weighted by atomic mass is 35.5. The molecule has 0 aromatic heterocycles. The monoisotopic (exact) mass is 259 g/mol. The van der Waals surface area contributed by atoms with Crippen molar-refractivity contribution in [3.05, 3.63) is 23.8 Å². The molecule has 0 spiro atoms. The van der Waals surface area contributed by atoms with Crippen molar-refractivity contribution in [3.63, 3.8) is 0 Å². The quantitative estimate of drug-likeness (QED) is 0.669. The van der Waals surface area contributed by atoms with Gasteiger partial charge in [-0.05, 0) is 32.9 Å². The van der Waals surface area contributed by atoms with E-state index < -0.39 is 11.6 Å². The van der Waals surface area contributed by atoms with Crippen molar-refractivity contribution in [1.82, 2.24) is 0 Å². The molecule has 96 valence electrons. The van der Waals surface area contributed by atoms with Crippen LogP contribution in [0.25, 0.3) is 0 Å². The van der Waals surface area contributed by atoms with Crippen LogP contribution in [0.3, 0.4) is 0 Å². The molecule has 0 fully saturated rings. The number of nitrogen functional groups attached to an aromatic ring is 1. The van der Waals surface area contributed by atoms with Gasteiger partial charge >= 0.3 is 5.97 Å². The van der Waals surface area contributed by atoms with E-state index in [-0.39, 0.29) is 12.4 Å². The van der Waals surface area contributed by atoms with E-state index in [0.29, 0.717) is 11.4 Å². The van der Waals surface area contributed by atoms with Crippen molar-refractivity contribution in [2.24, 2.45) is 0 Å². The molecule has 0 aliphatic rings. The average molecular weight is 260 g/mol. The Morgan fingerprint density at radius 2 is 1.94 bits per heavy atom. The zero-order chi connectivity index (χ0) is 12.3. The Morgan fingerprint density at radius 1 is 1.35 bits per heavy atom. The number of anilines is 1. The maximum atomic E-state index is 11.5. The van der Waals surface area contributed by atoms with Gasteiger partial charge in [-0.3, -0.25) is 0 Å². The van der Waals surface area contributed by atoms with Gasteiger partial charge in [0.2, 0.25) is 0 Å². The molecule has 1 rings (SSSR count). The zero-order valence-electron chi connectivity index (χ0n) is 10.4. The van der Waals surface area contributed by atoms with Crippen molar-refractivity contribution in [1.29, 1.82) is 0 Å². The van der Waals surface area contributed by atoms with Crippen LogP contribution >= 0.6 is 12.4 Å². The number of carbonyl (C=O) groups excluding carboxylic acids is 1. The van der Waals surface area contributed by atoms with Crippen LogP contribution < -0.4 is 10.5 Å². The van der Waals surface area contributed by atoms with Gasteiger partial charge in [-0.2, -0.15) is 0 Å². The number of halogens is 1. The van der Waals surface area contributed by atoms with Gasteiger partial charge in [0, 0.05) is 11.3 Å². The Labute approximate surface area is 108 Å². The number of hydrogen-bond donors (Lipinski definition) is 1. The number of rotatable bonds is 3. The van der Waals surface area contributed by atoms with Crippen molar-refractivity contribution < 1.29 is 14.3 Å². The van der Waals surface area contributed by atoms with E-state index in [1.807, 2.05) is 6.92 Å². The molecule has 0 aliphatic carbocycles. The molecule has 0 bridgehead atoms. The largest absolute Gasteiger partial charge is 0.476 e. The molecule has 1 aromatic rings. The third kappa shape index (κ3) is 3.53. The maximum Gasteiger partial charge on any atom is 0.349 e. The normalized spacial score (nSPS) is 10.4. The molecule has 0 saturated carbocycles. The second-order valence-corrected chi connectivity index (χ2v) is 4.07. The van der Waals surface area contributed by atoms with E-state index in [9.17, 15) is 4.79 Å². The third-order valence-electron chi connectivity index (χ3n) is 2.37.